The quantitative estimate of drug-likeness (QED) is 0.456. The lowest BCUT2D eigenvalue weighted by atomic mass is 10.2. The highest BCUT2D eigenvalue weighted by atomic mass is 32.2. The summed E-state index contributed by atoms with van der Waals surface area (Å²) >= 11 is 1.56. The number of carbonyl (C=O) groups excluding carboxylic acids is 2. The van der Waals surface area contributed by atoms with Crippen molar-refractivity contribution in [2.75, 3.05) is 36.8 Å². The summed E-state index contributed by atoms with van der Waals surface area (Å²) < 4.78 is 5.85. The number of amides is 2. The molecule has 0 spiro atoms. The molecular weight excluding hydrogens is 458 g/mol. The van der Waals surface area contributed by atoms with E-state index < -0.39 is 6.04 Å². The van der Waals surface area contributed by atoms with Crippen LogP contribution in [-0.4, -0.2) is 54.7 Å². The van der Waals surface area contributed by atoms with E-state index in [1.54, 1.807) is 11.8 Å². The van der Waals surface area contributed by atoms with Gasteiger partial charge in [0.25, 0.3) is 0 Å². The van der Waals surface area contributed by atoms with Gasteiger partial charge in [-0.3, -0.25) is 9.59 Å². The van der Waals surface area contributed by atoms with Crippen LogP contribution >= 0.6 is 11.8 Å². The average Bonchev–Trinajstić information content (AvgIpc) is 2.91. The summed E-state index contributed by atoms with van der Waals surface area (Å²) in [6, 6.07) is 27.6. The van der Waals surface area contributed by atoms with Gasteiger partial charge in [0.2, 0.25) is 11.8 Å². The third-order valence-corrected chi connectivity index (χ3v) is 6.98. The Bertz CT molecular complexity index is 1090. The molecule has 1 N–H and O–H groups in total. The van der Waals surface area contributed by atoms with Gasteiger partial charge in [0.05, 0.1) is 0 Å². The standard InChI is InChI=1S/C28H31N3O3S/c1-22(32)29-27(28(33)31-18-16-30(17-19-31)24-10-6-3-7-11-24)21-35-26-14-12-25(13-15-26)34-20-23-8-4-2-5-9-23/h2-15,27H,16-21H2,1H3,(H,29,32). The molecule has 1 aliphatic rings. The minimum Gasteiger partial charge on any atom is -0.489 e. The van der Waals surface area contributed by atoms with Gasteiger partial charge in [-0.05, 0) is 42.0 Å². The van der Waals surface area contributed by atoms with E-state index in [1.807, 2.05) is 77.7 Å². The number of nitrogens with one attached hydrogen (secondary N) is 1. The van der Waals surface area contributed by atoms with Crippen molar-refractivity contribution < 1.29 is 14.3 Å². The summed E-state index contributed by atoms with van der Waals surface area (Å²) in [5, 5.41) is 2.85. The molecule has 1 atom stereocenters. The molecule has 0 saturated carbocycles. The number of nitrogens with zero attached hydrogens (tertiary/aromatic N) is 2. The van der Waals surface area contributed by atoms with Gasteiger partial charge in [0.1, 0.15) is 18.4 Å². The first-order chi connectivity index (χ1) is 17.1. The van der Waals surface area contributed by atoms with Gasteiger partial charge in [-0.25, -0.2) is 0 Å². The second-order valence-electron chi connectivity index (χ2n) is 8.46. The Kier molecular flexibility index (Phi) is 8.68. The minimum atomic E-state index is -0.560. The van der Waals surface area contributed by atoms with Crippen molar-refractivity contribution in [3.63, 3.8) is 0 Å². The van der Waals surface area contributed by atoms with Gasteiger partial charge in [-0.1, -0.05) is 48.5 Å². The van der Waals surface area contributed by atoms with E-state index in [-0.39, 0.29) is 11.8 Å². The fraction of sp³-hybridized carbons (Fsp3) is 0.286. The summed E-state index contributed by atoms with van der Waals surface area (Å²) in [4.78, 5) is 30.2. The number of rotatable bonds is 9. The number of hydrogen-bond donors (Lipinski definition) is 1. The summed E-state index contributed by atoms with van der Waals surface area (Å²) in [5.74, 6) is 1.05. The van der Waals surface area contributed by atoms with Crippen LogP contribution in [0.15, 0.2) is 89.8 Å². The molecule has 1 saturated heterocycles. The van der Waals surface area contributed by atoms with E-state index in [2.05, 4.69) is 22.3 Å². The summed E-state index contributed by atoms with van der Waals surface area (Å²) in [7, 11) is 0. The van der Waals surface area contributed by atoms with Crippen LogP contribution in [0.1, 0.15) is 12.5 Å². The number of thioether (sulfide) groups is 1. The molecule has 7 heteroatoms. The SMILES string of the molecule is CC(=O)NC(CSc1ccc(OCc2ccccc2)cc1)C(=O)N1CCN(c2ccccc2)CC1. The zero-order chi connectivity index (χ0) is 24.5. The molecule has 0 aromatic heterocycles. The van der Waals surface area contributed by atoms with Crippen LogP contribution in [0.25, 0.3) is 0 Å². The first-order valence-corrected chi connectivity index (χ1v) is 12.8. The number of ether oxygens (including phenoxy) is 1. The predicted octanol–water partition coefficient (Wildman–Crippen LogP) is 4.21. The molecule has 1 fully saturated rings. The first kappa shape index (κ1) is 24.7. The zero-order valence-electron chi connectivity index (χ0n) is 19.9. The fourth-order valence-corrected chi connectivity index (χ4v) is 4.93. The van der Waals surface area contributed by atoms with E-state index in [9.17, 15) is 9.59 Å². The van der Waals surface area contributed by atoms with Gasteiger partial charge in [-0.15, -0.1) is 11.8 Å². The van der Waals surface area contributed by atoms with Gasteiger partial charge >= 0.3 is 0 Å². The highest BCUT2D eigenvalue weighted by Crippen LogP contribution is 2.24. The van der Waals surface area contributed by atoms with Crippen LogP contribution in [0.5, 0.6) is 5.75 Å². The Balaban J connectivity index is 1.29. The maximum atomic E-state index is 13.2. The van der Waals surface area contributed by atoms with Crippen LogP contribution in [0.3, 0.4) is 0 Å². The van der Waals surface area contributed by atoms with Crippen molar-refractivity contribution in [2.24, 2.45) is 0 Å². The second kappa shape index (κ2) is 12.3. The maximum absolute atomic E-state index is 13.2. The average molecular weight is 490 g/mol. The summed E-state index contributed by atoms with van der Waals surface area (Å²) in [5.41, 5.74) is 2.29. The molecule has 3 aromatic carbocycles. The Morgan fingerprint density at radius 3 is 2.14 bits per heavy atom. The zero-order valence-corrected chi connectivity index (χ0v) is 20.7. The lowest BCUT2D eigenvalue weighted by molar-refractivity contribution is -0.135. The van der Waals surface area contributed by atoms with Crippen molar-refractivity contribution in [2.45, 2.75) is 24.5 Å². The van der Waals surface area contributed by atoms with Crippen LogP contribution in [-0.2, 0) is 16.2 Å². The largest absolute Gasteiger partial charge is 0.489 e. The third-order valence-electron chi connectivity index (χ3n) is 5.88. The smallest absolute Gasteiger partial charge is 0.246 e. The molecule has 2 amide bonds. The predicted molar refractivity (Wildman–Crippen MR) is 141 cm³/mol. The molecule has 0 bridgehead atoms. The molecule has 1 aliphatic heterocycles. The second-order valence-corrected chi connectivity index (χ2v) is 9.55. The molecule has 1 unspecified atom stereocenters. The van der Waals surface area contributed by atoms with Crippen LogP contribution in [0.4, 0.5) is 5.69 Å². The molecule has 1 heterocycles. The lowest BCUT2D eigenvalue weighted by Crippen LogP contribution is -2.55. The number of anilines is 1. The van der Waals surface area contributed by atoms with E-state index in [0.29, 0.717) is 25.4 Å². The van der Waals surface area contributed by atoms with E-state index in [0.717, 1.165) is 29.3 Å². The van der Waals surface area contributed by atoms with Gasteiger partial charge in [-0.2, -0.15) is 0 Å². The topological polar surface area (TPSA) is 61.9 Å². The number of para-hydroxylation sites is 1. The Morgan fingerprint density at radius 1 is 0.886 bits per heavy atom. The molecule has 0 aliphatic carbocycles. The van der Waals surface area contributed by atoms with Crippen LogP contribution in [0, 0.1) is 0 Å². The fourth-order valence-electron chi connectivity index (χ4n) is 4.02. The monoisotopic (exact) mass is 489 g/mol. The van der Waals surface area contributed by atoms with Crippen molar-refractivity contribution in [3.05, 3.63) is 90.5 Å². The van der Waals surface area contributed by atoms with Crippen molar-refractivity contribution in [1.29, 1.82) is 0 Å². The Labute approximate surface area is 211 Å². The normalized spacial score (nSPS) is 14.3. The van der Waals surface area contributed by atoms with E-state index >= 15 is 0 Å². The Morgan fingerprint density at radius 2 is 1.51 bits per heavy atom. The molecule has 4 rings (SSSR count). The number of piperazine rings is 1. The van der Waals surface area contributed by atoms with Crippen molar-refractivity contribution in [1.82, 2.24) is 10.2 Å². The van der Waals surface area contributed by atoms with Gasteiger partial charge in [0.15, 0.2) is 0 Å². The number of hydrogen-bond acceptors (Lipinski definition) is 5. The molecular formula is C28H31N3O3S. The molecule has 35 heavy (non-hydrogen) atoms. The molecule has 0 radical (unpaired) electrons. The van der Waals surface area contributed by atoms with Gasteiger partial charge < -0.3 is 19.9 Å². The van der Waals surface area contributed by atoms with Crippen LogP contribution < -0.4 is 15.0 Å². The molecule has 182 valence electrons. The Hall–Kier alpha value is -3.45. The van der Waals surface area contributed by atoms with Crippen molar-refractivity contribution in [3.8, 4) is 5.75 Å². The molecule has 6 nitrogen and oxygen atoms in total. The van der Waals surface area contributed by atoms with Gasteiger partial charge in [0, 0.05) is 49.4 Å². The summed E-state index contributed by atoms with van der Waals surface area (Å²) in [6.07, 6.45) is 0. The van der Waals surface area contributed by atoms with Crippen LogP contribution in [0.2, 0.25) is 0 Å². The minimum absolute atomic E-state index is 0.0248. The third kappa shape index (κ3) is 7.26. The summed E-state index contributed by atoms with van der Waals surface area (Å²) in [6.45, 7) is 4.81. The number of benzene rings is 3. The maximum Gasteiger partial charge on any atom is 0.246 e. The van der Waals surface area contributed by atoms with E-state index in [4.69, 9.17) is 4.74 Å². The number of carbonyl (C=O) groups is 2. The lowest BCUT2D eigenvalue weighted by Gasteiger charge is -2.37. The highest BCUT2D eigenvalue weighted by molar-refractivity contribution is 7.99. The van der Waals surface area contributed by atoms with Crippen molar-refractivity contribution >= 4 is 29.3 Å². The first-order valence-electron chi connectivity index (χ1n) is 11.8. The molecule has 3 aromatic rings. The van der Waals surface area contributed by atoms with E-state index in [1.165, 1.54) is 12.6 Å². The highest BCUT2D eigenvalue weighted by Gasteiger charge is 2.28.